The highest BCUT2D eigenvalue weighted by molar-refractivity contribution is 7.11. The Hall–Kier alpha value is -1.79. The van der Waals surface area contributed by atoms with Crippen LogP contribution in [0.25, 0.3) is 0 Å². The topological polar surface area (TPSA) is 64.1 Å². The highest BCUT2D eigenvalue weighted by atomic mass is 32.1. The van der Waals surface area contributed by atoms with Crippen LogP contribution < -0.4 is 5.32 Å². The minimum atomic E-state index is -0.369. The molecule has 2 aromatic heterocycles. The normalized spacial score (nSPS) is 12.2. The van der Waals surface area contributed by atoms with Gasteiger partial charge in [0.05, 0.1) is 29.1 Å². The third-order valence-electron chi connectivity index (χ3n) is 3.17. The molecule has 0 aromatic carbocycles. The molecule has 0 aliphatic heterocycles. The molecule has 0 aliphatic carbocycles. The second-order valence-corrected chi connectivity index (χ2v) is 6.05. The number of hydrogen-bond acceptors (Lipinski definition) is 6. The first-order valence-corrected chi connectivity index (χ1v) is 7.53. The summed E-state index contributed by atoms with van der Waals surface area (Å²) in [6, 6.07) is 3.78. The molecule has 2 rings (SSSR count). The highest BCUT2D eigenvalue weighted by Gasteiger charge is 2.13. The zero-order valence-electron chi connectivity index (χ0n) is 12.6. The zero-order chi connectivity index (χ0) is 15.4. The largest absolute Gasteiger partial charge is 0.465 e. The molecule has 0 spiro atoms. The molecule has 112 valence electrons. The standard InChI is InChI=1S/C15H19N3O2S/c1-9(14-10(2)18-11(3)21-14)16-8-13-6-5-12(7-17-13)15(19)20-4/h5-7,9,16H,8H2,1-4H3. The quantitative estimate of drug-likeness (QED) is 0.861. The van der Waals surface area contributed by atoms with E-state index >= 15 is 0 Å². The number of pyridine rings is 1. The summed E-state index contributed by atoms with van der Waals surface area (Å²) in [5.41, 5.74) is 2.42. The van der Waals surface area contributed by atoms with E-state index < -0.39 is 0 Å². The summed E-state index contributed by atoms with van der Waals surface area (Å²) in [7, 11) is 1.36. The maximum absolute atomic E-state index is 11.3. The lowest BCUT2D eigenvalue weighted by Crippen LogP contribution is -2.18. The molecule has 21 heavy (non-hydrogen) atoms. The molecule has 1 unspecified atom stereocenters. The SMILES string of the molecule is COC(=O)c1ccc(CNC(C)c2sc(C)nc2C)nc1. The van der Waals surface area contributed by atoms with E-state index in [1.54, 1.807) is 17.4 Å². The number of nitrogens with one attached hydrogen (secondary N) is 1. The molecule has 2 heterocycles. The van der Waals surface area contributed by atoms with E-state index in [9.17, 15) is 4.79 Å². The smallest absolute Gasteiger partial charge is 0.339 e. The van der Waals surface area contributed by atoms with Crippen LogP contribution in [0.1, 0.15) is 44.6 Å². The summed E-state index contributed by atoms with van der Waals surface area (Å²) in [6.07, 6.45) is 1.54. The van der Waals surface area contributed by atoms with Crippen molar-refractivity contribution in [1.29, 1.82) is 0 Å². The van der Waals surface area contributed by atoms with Crippen LogP contribution >= 0.6 is 11.3 Å². The number of methoxy groups -OCH3 is 1. The van der Waals surface area contributed by atoms with Crippen molar-refractivity contribution >= 4 is 17.3 Å². The summed E-state index contributed by atoms with van der Waals surface area (Å²) in [6.45, 7) is 6.79. The summed E-state index contributed by atoms with van der Waals surface area (Å²) in [5, 5.41) is 4.50. The number of aryl methyl sites for hydroxylation is 2. The van der Waals surface area contributed by atoms with Gasteiger partial charge in [0, 0.05) is 23.7 Å². The Morgan fingerprint density at radius 2 is 2.19 bits per heavy atom. The molecule has 5 nitrogen and oxygen atoms in total. The molecule has 0 radical (unpaired) electrons. The third kappa shape index (κ3) is 3.86. The fourth-order valence-corrected chi connectivity index (χ4v) is 3.02. The molecule has 1 N–H and O–H groups in total. The lowest BCUT2D eigenvalue weighted by Gasteiger charge is -2.12. The average molecular weight is 305 g/mol. The van der Waals surface area contributed by atoms with Gasteiger partial charge in [0.1, 0.15) is 0 Å². The van der Waals surface area contributed by atoms with Crippen molar-refractivity contribution in [1.82, 2.24) is 15.3 Å². The van der Waals surface area contributed by atoms with Crippen LogP contribution in [0.2, 0.25) is 0 Å². The van der Waals surface area contributed by atoms with Gasteiger partial charge in [-0.15, -0.1) is 11.3 Å². The number of aromatic nitrogens is 2. The average Bonchev–Trinajstić information content (AvgIpc) is 2.83. The molecule has 0 aliphatic rings. The van der Waals surface area contributed by atoms with Gasteiger partial charge in [0.2, 0.25) is 0 Å². The number of nitrogens with zero attached hydrogens (tertiary/aromatic N) is 2. The lowest BCUT2D eigenvalue weighted by molar-refractivity contribution is 0.0600. The van der Waals surface area contributed by atoms with Crippen LogP contribution in [0.3, 0.4) is 0 Å². The molecule has 0 fully saturated rings. The van der Waals surface area contributed by atoms with E-state index in [0.717, 1.165) is 16.4 Å². The van der Waals surface area contributed by atoms with Crippen LogP contribution in [-0.4, -0.2) is 23.0 Å². The first-order chi connectivity index (χ1) is 10.0. The van der Waals surface area contributed by atoms with Gasteiger partial charge in [-0.1, -0.05) is 0 Å². The number of thiazole rings is 1. The number of rotatable bonds is 5. The number of esters is 1. The van der Waals surface area contributed by atoms with Gasteiger partial charge in [-0.25, -0.2) is 9.78 Å². The molecule has 1 atom stereocenters. The van der Waals surface area contributed by atoms with E-state index in [2.05, 4.69) is 26.9 Å². The molecule has 0 saturated heterocycles. The van der Waals surface area contributed by atoms with Crippen molar-refractivity contribution in [2.45, 2.75) is 33.4 Å². The monoisotopic (exact) mass is 305 g/mol. The maximum atomic E-state index is 11.3. The first kappa shape index (κ1) is 15.6. The Morgan fingerprint density at radius 3 is 2.71 bits per heavy atom. The van der Waals surface area contributed by atoms with Crippen LogP contribution in [-0.2, 0) is 11.3 Å². The van der Waals surface area contributed by atoms with Gasteiger partial charge >= 0.3 is 5.97 Å². The molecule has 6 heteroatoms. The number of carbonyl (C=O) groups excluding carboxylic acids is 1. The number of carbonyl (C=O) groups is 1. The fraction of sp³-hybridized carbons (Fsp3) is 0.400. The van der Waals surface area contributed by atoms with Gasteiger partial charge in [-0.3, -0.25) is 4.98 Å². The van der Waals surface area contributed by atoms with Crippen molar-refractivity contribution in [2.24, 2.45) is 0 Å². The predicted octanol–water partition coefficient (Wildman–Crippen LogP) is 2.79. The second kappa shape index (κ2) is 6.78. The van der Waals surface area contributed by atoms with Gasteiger partial charge in [-0.2, -0.15) is 0 Å². The highest BCUT2D eigenvalue weighted by Crippen LogP contribution is 2.24. The van der Waals surface area contributed by atoms with Gasteiger partial charge < -0.3 is 10.1 Å². The second-order valence-electron chi connectivity index (χ2n) is 4.81. The summed E-state index contributed by atoms with van der Waals surface area (Å²) in [5.74, 6) is -0.369. The molecular formula is C15H19N3O2S. The Kier molecular flexibility index (Phi) is 5.03. The van der Waals surface area contributed by atoms with Gasteiger partial charge in [0.15, 0.2) is 0 Å². The molecular weight excluding hydrogens is 286 g/mol. The van der Waals surface area contributed by atoms with E-state index in [-0.39, 0.29) is 12.0 Å². The Bertz CT molecular complexity index is 622. The number of hydrogen-bond donors (Lipinski definition) is 1. The van der Waals surface area contributed by atoms with E-state index in [1.807, 2.05) is 19.9 Å². The Morgan fingerprint density at radius 1 is 1.43 bits per heavy atom. The number of ether oxygens (including phenoxy) is 1. The molecule has 0 saturated carbocycles. The molecule has 0 amide bonds. The van der Waals surface area contributed by atoms with Crippen LogP contribution in [0.4, 0.5) is 0 Å². The van der Waals surface area contributed by atoms with Gasteiger partial charge in [0.25, 0.3) is 0 Å². The van der Waals surface area contributed by atoms with Crippen molar-refractivity contribution in [3.05, 3.63) is 45.2 Å². The van der Waals surface area contributed by atoms with Crippen molar-refractivity contribution in [3.63, 3.8) is 0 Å². The van der Waals surface area contributed by atoms with Crippen LogP contribution in [0.5, 0.6) is 0 Å². The van der Waals surface area contributed by atoms with Crippen molar-refractivity contribution in [3.8, 4) is 0 Å². The van der Waals surface area contributed by atoms with Crippen molar-refractivity contribution < 1.29 is 9.53 Å². The van der Waals surface area contributed by atoms with E-state index in [0.29, 0.717) is 12.1 Å². The zero-order valence-corrected chi connectivity index (χ0v) is 13.5. The Balaban J connectivity index is 1.96. The first-order valence-electron chi connectivity index (χ1n) is 6.71. The van der Waals surface area contributed by atoms with Crippen molar-refractivity contribution in [2.75, 3.05) is 7.11 Å². The fourth-order valence-electron chi connectivity index (χ4n) is 2.07. The Labute approximate surface area is 128 Å². The summed E-state index contributed by atoms with van der Waals surface area (Å²) >= 11 is 1.71. The maximum Gasteiger partial charge on any atom is 0.339 e. The summed E-state index contributed by atoms with van der Waals surface area (Å²) < 4.78 is 4.65. The van der Waals surface area contributed by atoms with Gasteiger partial charge in [-0.05, 0) is 32.9 Å². The van der Waals surface area contributed by atoms with E-state index in [1.165, 1.54) is 18.2 Å². The lowest BCUT2D eigenvalue weighted by atomic mass is 10.2. The van der Waals surface area contributed by atoms with E-state index in [4.69, 9.17) is 0 Å². The predicted molar refractivity (Wildman–Crippen MR) is 82.4 cm³/mol. The minimum absolute atomic E-state index is 0.221. The summed E-state index contributed by atoms with van der Waals surface area (Å²) in [4.78, 5) is 21.3. The third-order valence-corrected chi connectivity index (χ3v) is 4.42. The molecule has 0 bridgehead atoms. The van der Waals surface area contributed by atoms with Crippen LogP contribution in [0.15, 0.2) is 18.3 Å². The molecule has 2 aromatic rings. The van der Waals surface area contributed by atoms with Crippen LogP contribution in [0, 0.1) is 13.8 Å². The minimum Gasteiger partial charge on any atom is -0.465 e.